The average Bonchev–Trinajstić information content (AvgIpc) is 2.73. The molecule has 2 aromatic rings. The number of halogens is 3. The van der Waals surface area contributed by atoms with Crippen molar-refractivity contribution in [1.82, 2.24) is 14.8 Å². The van der Waals surface area contributed by atoms with Gasteiger partial charge in [0.05, 0.1) is 11.1 Å². The molecule has 30 heavy (non-hydrogen) atoms. The highest BCUT2D eigenvalue weighted by atomic mass is 35.5. The Hall–Kier alpha value is -1.11. The molecule has 2 aliphatic rings. The summed E-state index contributed by atoms with van der Waals surface area (Å²) in [4.78, 5) is 22.5. The number of piperazine rings is 1. The number of fused-ring (bicyclic) bond motifs is 1. The van der Waals surface area contributed by atoms with Gasteiger partial charge in [0.25, 0.3) is 5.91 Å². The Bertz CT molecular complexity index is 819. The molecule has 0 spiro atoms. The summed E-state index contributed by atoms with van der Waals surface area (Å²) in [6.07, 6.45) is 4.57. The van der Waals surface area contributed by atoms with Crippen molar-refractivity contribution in [3.63, 3.8) is 0 Å². The number of carbonyl (C=O) groups is 1. The first-order valence-electron chi connectivity index (χ1n) is 10.2. The third-order valence-electron chi connectivity index (χ3n) is 6.36. The van der Waals surface area contributed by atoms with Crippen LogP contribution in [-0.2, 0) is 0 Å². The smallest absolute Gasteiger partial charge is 0.254 e. The minimum absolute atomic E-state index is 0. The SMILES string of the molecule is CN1CCN(C(=O)c2cc(C3CCC(CN)CC3)nc3ccccc23)CC1.Cl.Cl.Cl. The van der Waals surface area contributed by atoms with E-state index < -0.39 is 0 Å². The van der Waals surface area contributed by atoms with E-state index in [1.165, 1.54) is 0 Å². The highest BCUT2D eigenvalue weighted by Crippen LogP contribution is 2.36. The predicted octanol–water partition coefficient (Wildman–Crippen LogP) is 4.12. The van der Waals surface area contributed by atoms with Gasteiger partial charge in [0, 0.05) is 43.2 Å². The fourth-order valence-corrected chi connectivity index (χ4v) is 4.46. The van der Waals surface area contributed by atoms with Crippen molar-refractivity contribution in [2.45, 2.75) is 31.6 Å². The van der Waals surface area contributed by atoms with Gasteiger partial charge in [-0.15, -0.1) is 37.2 Å². The van der Waals surface area contributed by atoms with Crippen LogP contribution in [0.4, 0.5) is 0 Å². The van der Waals surface area contributed by atoms with E-state index in [1.54, 1.807) is 0 Å². The van der Waals surface area contributed by atoms with E-state index in [2.05, 4.69) is 18.0 Å². The summed E-state index contributed by atoms with van der Waals surface area (Å²) in [7, 11) is 2.11. The van der Waals surface area contributed by atoms with E-state index in [1.807, 2.05) is 29.2 Å². The third kappa shape index (κ3) is 5.77. The number of hydrogen-bond donors (Lipinski definition) is 1. The zero-order valence-corrected chi connectivity index (χ0v) is 19.9. The van der Waals surface area contributed by atoms with Crippen molar-refractivity contribution in [3.05, 3.63) is 41.6 Å². The maximum absolute atomic E-state index is 13.3. The van der Waals surface area contributed by atoms with Crippen LogP contribution in [0.3, 0.4) is 0 Å². The number of hydrogen-bond acceptors (Lipinski definition) is 4. The number of nitrogens with zero attached hydrogens (tertiary/aromatic N) is 3. The zero-order valence-electron chi connectivity index (χ0n) is 17.5. The largest absolute Gasteiger partial charge is 0.336 e. The lowest BCUT2D eigenvalue weighted by Crippen LogP contribution is -2.47. The molecule has 0 atom stereocenters. The Kier molecular flexibility index (Phi) is 10.8. The monoisotopic (exact) mass is 474 g/mol. The van der Waals surface area contributed by atoms with Crippen LogP contribution in [0.15, 0.2) is 30.3 Å². The third-order valence-corrected chi connectivity index (χ3v) is 6.36. The Balaban J connectivity index is 0.00000150. The fraction of sp³-hybridized carbons (Fsp3) is 0.545. The Morgan fingerprint density at radius 1 is 1.03 bits per heavy atom. The van der Waals surface area contributed by atoms with Crippen molar-refractivity contribution in [2.75, 3.05) is 39.8 Å². The number of likely N-dealkylation sites (N-methyl/N-ethyl adjacent to an activating group) is 1. The number of amides is 1. The molecule has 1 aromatic heterocycles. The van der Waals surface area contributed by atoms with E-state index in [-0.39, 0.29) is 43.1 Å². The van der Waals surface area contributed by atoms with Crippen molar-refractivity contribution >= 4 is 54.0 Å². The van der Waals surface area contributed by atoms with Gasteiger partial charge in [-0.1, -0.05) is 18.2 Å². The van der Waals surface area contributed by atoms with E-state index >= 15 is 0 Å². The van der Waals surface area contributed by atoms with Gasteiger partial charge in [0.1, 0.15) is 0 Å². The first-order valence-corrected chi connectivity index (χ1v) is 10.2. The lowest BCUT2D eigenvalue weighted by molar-refractivity contribution is 0.0666. The minimum Gasteiger partial charge on any atom is -0.336 e. The summed E-state index contributed by atoms with van der Waals surface area (Å²) in [5.74, 6) is 1.24. The van der Waals surface area contributed by atoms with Crippen molar-refractivity contribution < 1.29 is 4.79 Å². The molecule has 2 heterocycles. The number of pyridine rings is 1. The molecule has 1 saturated carbocycles. The highest BCUT2D eigenvalue weighted by molar-refractivity contribution is 6.06. The molecule has 1 aliphatic heterocycles. The van der Waals surface area contributed by atoms with E-state index in [9.17, 15) is 4.79 Å². The van der Waals surface area contributed by atoms with Crippen LogP contribution in [-0.4, -0.2) is 60.5 Å². The van der Waals surface area contributed by atoms with E-state index in [4.69, 9.17) is 10.7 Å². The highest BCUT2D eigenvalue weighted by Gasteiger charge is 2.26. The number of nitrogens with two attached hydrogens (primary N) is 1. The molecule has 4 rings (SSSR count). The molecule has 1 aromatic carbocycles. The molecule has 0 unspecified atom stereocenters. The molecule has 0 radical (unpaired) electrons. The normalized spacial score (nSPS) is 21.9. The predicted molar refractivity (Wildman–Crippen MR) is 131 cm³/mol. The van der Waals surface area contributed by atoms with Crippen LogP contribution in [0.5, 0.6) is 0 Å². The average molecular weight is 476 g/mol. The summed E-state index contributed by atoms with van der Waals surface area (Å²) in [5, 5.41) is 0.973. The second kappa shape index (κ2) is 12.1. The Labute approximate surface area is 198 Å². The lowest BCUT2D eigenvalue weighted by atomic mass is 9.80. The van der Waals surface area contributed by atoms with Crippen molar-refractivity contribution in [2.24, 2.45) is 11.7 Å². The molecule has 168 valence electrons. The number of para-hydroxylation sites is 1. The number of benzene rings is 1. The summed E-state index contributed by atoms with van der Waals surface area (Å²) < 4.78 is 0. The van der Waals surface area contributed by atoms with E-state index in [0.717, 1.165) is 80.6 Å². The molecule has 8 heteroatoms. The van der Waals surface area contributed by atoms with Crippen molar-refractivity contribution in [1.29, 1.82) is 0 Å². The van der Waals surface area contributed by atoms with Gasteiger partial charge in [-0.3, -0.25) is 9.78 Å². The zero-order chi connectivity index (χ0) is 18.8. The van der Waals surface area contributed by atoms with Gasteiger partial charge in [-0.2, -0.15) is 0 Å². The number of rotatable bonds is 3. The fourth-order valence-electron chi connectivity index (χ4n) is 4.46. The molecule has 5 nitrogen and oxygen atoms in total. The van der Waals surface area contributed by atoms with Crippen LogP contribution in [0.2, 0.25) is 0 Å². The maximum Gasteiger partial charge on any atom is 0.254 e. The summed E-state index contributed by atoms with van der Waals surface area (Å²) >= 11 is 0. The van der Waals surface area contributed by atoms with Crippen LogP contribution >= 0.6 is 37.2 Å². The molecular weight excluding hydrogens is 443 g/mol. The standard InChI is InChI=1S/C22H30N4O.3ClH/c1-25-10-12-26(13-11-25)22(27)19-14-21(17-8-6-16(15-23)7-9-17)24-20-5-3-2-4-18(19)20;;;/h2-5,14,16-17H,6-13,15,23H2,1H3;3*1H. The van der Waals surface area contributed by atoms with Gasteiger partial charge in [-0.05, 0) is 57.3 Å². The van der Waals surface area contributed by atoms with Crippen LogP contribution in [0.25, 0.3) is 10.9 Å². The van der Waals surface area contributed by atoms with E-state index in [0.29, 0.717) is 11.8 Å². The molecule has 2 fully saturated rings. The minimum atomic E-state index is 0. The molecule has 0 bridgehead atoms. The first kappa shape index (κ1) is 26.9. The van der Waals surface area contributed by atoms with Gasteiger partial charge < -0.3 is 15.5 Å². The van der Waals surface area contributed by atoms with Gasteiger partial charge in [0.2, 0.25) is 0 Å². The Morgan fingerprint density at radius 2 is 1.67 bits per heavy atom. The van der Waals surface area contributed by atoms with Crippen LogP contribution in [0.1, 0.15) is 47.7 Å². The van der Waals surface area contributed by atoms with Crippen molar-refractivity contribution in [3.8, 4) is 0 Å². The second-order valence-corrected chi connectivity index (χ2v) is 8.16. The number of aromatic nitrogens is 1. The Morgan fingerprint density at radius 3 is 2.30 bits per heavy atom. The molecule has 2 N–H and O–H groups in total. The quantitative estimate of drug-likeness (QED) is 0.725. The molecular formula is C22H33Cl3N4O. The molecule has 1 amide bonds. The molecule has 1 aliphatic carbocycles. The topological polar surface area (TPSA) is 62.5 Å². The summed E-state index contributed by atoms with van der Waals surface area (Å²) in [5.41, 5.74) is 8.69. The summed E-state index contributed by atoms with van der Waals surface area (Å²) in [6.45, 7) is 4.24. The van der Waals surface area contributed by atoms with Gasteiger partial charge in [-0.25, -0.2) is 0 Å². The molecule has 1 saturated heterocycles. The van der Waals surface area contributed by atoms with Crippen LogP contribution in [0, 0.1) is 5.92 Å². The van der Waals surface area contributed by atoms with Gasteiger partial charge >= 0.3 is 0 Å². The second-order valence-electron chi connectivity index (χ2n) is 8.16. The lowest BCUT2D eigenvalue weighted by Gasteiger charge is -2.33. The van der Waals surface area contributed by atoms with Crippen LogP contribution < -0.4 is 5.73 Å². The maximum atomic E-state index is 13.3. The summed E-state index contributed by atoms with van der Waals surface area (Å²) in [6, 6.07) is 10.1. The first-order chi connectivity index (χ1) is 13.2. The van der Waals surface area contributed by atoms with Gasteiger partial charge in [0.15, 0.2) is 0 Å². The number of carbonyl (C=O) groups excluding carboxylic acids is 1.